The molecule has 58 heavy (non-hydrogen) atoms. The van der Waals surface area contributed by atoms with E-state index >= 15 is 0 Å². The van der Waals surface area contributed by atoms with E-state index in [0.29, 0.717) is 0 Å². The summed E-state index contributed by atoms with van der Waals surface area (Å²) in [5, 5.41) is 4.92. The van der Waals surface area contributed by atoms with Crippen molar-refractivity contribution in [3.8, 4) is 11.4 Å². The molecule has 0 aliphatic heterocycles. The van der Waals surface area contributed by atoms with Gasteiger partial charge in [0, 0.05) is 50.0 Å². The second-order valence-electron chi connectivity index (χ2n) is 14.6. The second-order valence-corrected chi connectivity index (χ2v) is 14.6. The van der Waals surface area contributed by atoms with Gasteiger partial charge in [-0.05, 0) is 103 Å². The van der Waals surface area contributed by atoms with Crippen LogP contribution in [0, 0.1) is 0 Å². The summed E-state index contributed by atoms with van der Waals surface area (Å²) in [5.41, 5.74) is 13.3. The molecule has 11 rings (SSSR count). The molecule has 0 bridgehead atoms. The molecule has 0 aliphatic rings. The second kappa shape index (κ2) is 14.0. The first kappa shape index (κ1) is 33.5. The molecule has 0 unspecified atom stereocenters. The van der Waals surface area contributed by atoms with Crippen LogP contribution in [0.4, 0.5) is 34.1 Å². The van der Waals surface area contributed by atoms with Crippen molar-refractivity contribution in [2.45, 2.75) is 0 Å². The van der Waals surface area contributed by atoms with Crippen molar-refractivity contribution >= 4 is 77.7 Å². The third-order valence-corrected chi connectivity index (χ3v) is 11.2. The normalized spacial score (nSPS) is 11.4. The molecule has 0 N–H and O–H groups in total. The lowest BCUT2D eigenvalue weighted by molar-refractivity contribution is 1.15. The lowest BCUT2D eigenvalue weighted by atomic mass is 10.1. The first-order valence-electron chi connectivity index (χ1n) is 19.8. The van der Waals surface area contributed by atoms with Gasteiger partial charge in [0.2, 0.25) is 0 Å². The highest BCUT2D eigenvalue weighted by Gasteiger charge is 2.22. The molecule has 11 aromatic rings. The van der Waals surface area contributed by atoms with Crippen molar-refractivity contribution in [3.05, 3.63) is 231 Å². The van der Waals surface area contributed by atoms with Gasteiger partial charge in [-0.15, -0.1) is 0 Å². The Balaban J connectivity index is 1.26. The first-order chi connectivity index (χ1) is 28.8. The van der Waals surface area contributed by atoms with Gasteiger partial charge in [0.25, 0.3) is 0 Å². The average molecular weight is 743 g/mol. The minimum Gasteiger partial charge on any atom is -0.310 e. The molecule has 4 heteroatoms. The van der Waals surface area contributed by atoms with Gasteiger partial charge in [-0.1, -0.05) is 127 Å². The summed E-state index contributed by atoms with van der Waals surface area (Å²) >= 11 is 0. The number of benzene rings is 9. The van der Waals surface area contributed by atoms with Crippen molar-refractivity contribution in [1.82, 2.24) is 9.13 Å². The number of para-hydroxylation sites is 7. The fourth-order valence-corrected chi connectivity index (χ4v) is 8.73. The van der Waals surface area contributed by atoms with E-state index in [9.17, 15) is 0 Å². The minimum atomic E-state index is 1.05. The van der Waals surface area contributed by atoms with Gasteiger partial charge in [-0.2, -0.15) is 0 Å². The van der Waals surface area contributed by atoms with Gasteiger partial charge < -0.3 is 18.9 Å². The van der Waals surface area contributed by atoms with Gasteiger partial charge in [0.15, 0.2) is 0 Å². The monoisotopic (exact) mass is 742 g/mol. The molecular weight excluding hydrogens is 705 g/mol. The Bertz CT molecular complexity index is 3030. The van der Waals surface area contributed by atoms with Crippen molar-refractivity contribution in [1.29, 1.82) is 0 Å². The average Bonchev–Trinajstić information content (AvgIpc) is 3.79. The van der Waals surface area contributed by atoms with Gasteiger partial charge in [0.05, 0.1) is 39.1 Å². The molecule has 0 fully saturated rings. The zero-order chi connectivity index (χ0) is 38.4. The predicted molar refractivity (Wildman–Crippen MR) is 244 cm³/mol. The molecular formula is C54H38N4. The molecule has 0 saturated carbocycles. The SMILES string of the molecule is c1ccc(N(c2ccccc2)c2cc(N(c3ccccc3)c3ccccc3)cc(-n3c4ccccc4c4cc5c6ccccc6n(-c6ccccc6)c5cc43)c2)cc1. The Morgan fingerprint density at radius 1 is 0.224 bits per heavy atom. The Morgan fingerprint density at radius 2 is 0.569 bits per heavy atom. The topological polar surface area (TPSA) is 16.3 Å². The number of aromatic nitrogens is 2. The zero-order valence-electron chi connectivity index (χ0n) is 31.7. The maximum absolute atomic E-state index is 2.46. The maximum Gasteiger partial charge on any atom is 0.0562 e. The van der Waals surface area contributed by atoms with Crippen molar-refractivity contribution in [2.24, 2.45) is 0 Å². The van der Waals surface area contributed by atoms with Crippen LogP contribution in [-0.4, -0.2) is 9.13 Å². The van der Waals surface area contributed by atoms with Gasteiger partial charge in [-0.3, -0.25) is 0 Å². The summed E-state index contributed by atoms with van der Waals surface area (Å²) in [4.78, 5) is 4.72. The first-order valence-corrected chi connectivity index (χ1v) is 19.8. The van der Waals surface area contributed by atoms with E-state index < -0.39 is 0 Å². The van der Waals surface area contributed by atoms with E-state index in [2.05, 4.69) is 249 Å². The number of anilines is 6. The molecule has 0 radical (unpaired) electrons. The third kappa shape index (κ3) is 5.62. The summed E-state index contributed by atoms with van der Waals surface area (Å²) < 4.78 is 4.87. The highest BCUT2D eigenvalue weighted by Crippen LogP contribution is 2.45. The Labute approximate surface area is 337 Å². The van der Waals surface area contributed by atoms with E-state index in [1.165, 1.54) is 32.6 Å². The number of nitrogens with zero attached hydrogens (tertiary/aromatic N) is 4. The van der Waals surface area contributed by atoms with Gasteiger partial charge >= 0.3 is 0 Å². The van der Waals surface area contributed by atoms with Crippen molar-refractivity contribution in [3.63, 3.8) is 0 Å². The predicted octanol–water partition coefficient (Wildman–Crippen LogP) is 14.8. The molecule has 4 nitrogen and oxygen atoms in total. The summed E-state index contributed by atoms with van der Waals surface area (Å²) in [7, 11) is 0. The van der Waals surface area contributed by atoms with E-state index in [1.54, 1.807) is 0 Å². The Morgan fingerprint density at radius 3 is 0.983 bits per heavy atom. The molecule has 0 saturated heterocycles. The molecule has 2 heterocycles. The van der Waals surface area contributed by atoms with E-state index in [0.717, 1.165) is 56.5 Å². The molecule has 9 aromatic carbocycles. The van der Waals surface area contributed by atoms with Crippen LogP contribution in [0.5, 0.6) is 0 Å². The molecule has 0 atom stereocenters. The standard InChI is InChI=1S/C54H38N4/c1-6-20-39(21-7-1)55(40-22-8-2-9-23-40)44-34-45(56(41-24-10-3-11-25-41)42-26-12-4-13-27-42)36-46(35-44)58-52-33-19-17-31-48(52)50-37-49-47-30-16-18-32-51(47)57(53(49)38-54(50)58)43-28-14-5-15-29-43/h1-38H. The summed E-state index contributed by atoms with van der Waals surface area (Å²) in [6.45, 7) is 0. The third-order valence-electron chi connectivity index (χ3n) is 11.2. The van der Waals surface area contributed by atoms with Crippen molar-refractivity contribution < 1.29 is 0 Å². The highest BCUT2D eigenvalue weighted by molar-refractivity contribution is 6.19. The zero-order valence-corrected chi connectivity index (χ0v) is 31.7. The smallest absolute Gasteiger partial charge is 0.0562 e. The Kier molecular flexibility index (Phi) is 8.11. The van der Waals surface area contributed by atoms with E-state index in [4.69, 9.17) is 0 Å². The number of rotatable bonds is 8. The lowest BCUT2D eigenvalue weighted by Crippen LogP contribution is -2.14. The molecule has 274 valence electrons. The van der Waals surface area contributed by atoms with Crippen LogP contribution in [0.3, 0.4) is 0 Å². The summed E-state index contributed by atoms with van der Waals surface area (Å²) in [6, 6.07) is 82.9. The maximum atomic E-state index is 2.46. The largest absolute Gasteiger partial charge is 0.310 e. The quantitative estimate of drug-likeness (QED) is 0.154. The molecule has 0 aliphatic carbocycles. The fraction of sp³-hybridized carbons (Fsp3) is 0. The van der Waals surface area contributed by atoms with Crippen LogP contribution in [0.2, 0.25) is 0 Å². The summed E-state index contributed by atoms with van der Waals surface area (Å²) in [5.74, 6) is 0. The Hall–Kier alpha value is -7.82. The fourth-order valence-electron chi connectivity index (χ4n) is 8.73. The highest BCUT2D eigenvalue weighted by atomic mass is 15.2. The van der Waals surface area contributed by atoms with Gasteiger partial charge in [-0.25, -0.2) is 0 Å². The van der Waals surface area contributed by atoms with Crippen LogP contribution in [0.1, 0.15) is 0 Å². The van der Waals surface area contributed by atoms with Crippen LogP contribution in [-0.2, 0) is 0 Å². The minimum absolute atomic E-state index is 1.05. The van der Waals surface area contributed by atoms with Crippen molar-refractivity contribution in [2.75, 3.05) is 9.80 Å². The van der Waals surface area contributed by atoms with E-state index in [1.807, 2.05) is 0 Å². The summed E-state index contributed by atoms with van der Waals surface area (Å²) in [6.07, 6.45) is 0. The number of fused-ring (bicyclic) bond motifs is 6. The number of hydrogen-bond donors (Lipinski definition) is 0. The molecule has 0 spiro atoms. The van der Waals surface area contributed by atoms with Crippen LogP contribution in [0.25, 0.3) is 55.0 Å². The molecule has 2 aromatic heterocycles. The van der Waals surface area contributed by atoms with Crippen LogP contribution < -0.4 is 9.80 Å². The lowest BCUT2D eigenvalue weighted by Gasteiger charge is -2.30. The number of hydrogen-bond acceptors (Lipinski definition) is 2. The van der Waals surface area contributed by atoms with Crippen LogP contribution >= 0.6 is 0 Å². The van der Waals surface area contributed by atoms with E-state index in [-0.39, 0.29) is 0 Å². The molecule has 0 amide bonds. The van der Waals surface area contributed by atoms with Gasteiger partial charge in [0.1, 0.15) is 0 Å². The van der Waals surface area contributed by atoms with Crippen LogP contribution in [0.15, 0.2) is 231 Å².